The van der Waals surface area contributed by atoms with Crippen LogP contribution in [0.4, 0.5) is 0 Å². The number of sulfone groups is 1. The number of amides is 1. The summed E-state index contributed by atoms with van der Waals surface area (Å²) in [6, 6.07) is 6.49. The average molecular weight is 388 g/mol. The molecule has 0 aliphatic carbocycles. The van der Waals surface area contributed by atoms with Gasteiger partial charge in [-0.05, 0) is 46.6 Å². The van der Waals surface area contributed by atoms with Crippen LogP contribution in [0.5, 0.6) is 0 Å². The van der Waals surface area contributed by atoms with Crippen molar-refractivity contribution in [2.45, 2.75) is 17.4 Å². The van der Waals surface area contributed by atoms with Crippen molar-refractivity contribution in [1.29, 1.82) is 0 Å². The first-order chi connectivity index (χ1) is 10.5. The molecular weight excluding hydrogens is 374 g/mol. The van der Waals surface area contributed by atoms with Gasteiger partial charge in [0.1, 0.15) is 11.5 Å². The van der Waals surface area contributed by atoms with Crippen molar-refractivity contribution in [3.8, 4) is 0 Å². The summed E-state index contributed by atoms with van der Waals surface area (Å²) < 4.78 is 35.5. The highest BCUT2D eigenvalue weighted by Crippen LogP contribution is 2.23. The lowest BCUT2D eigenvalue weighted by Crippen LogP contribution is -2.32. The number of hydrogen-bond donors (Lipinski definition) is 0. The number of rotatable bonds is 4. The van der Waals surface area contributed by atoms with Gasteiger partial charge in [0.15, 0.2) is 20.3 Å². The summed E-state index contributed by atoms with van der Waals surface area (Å²) in [5, 5.41) is -0.569. The Morgan fingerprint density at radius 2 is 2.18 bits per heavy atom. The highest BCUT2D eigenvalue weighted by atomic mass is 79.9. The van der Waals surface area contributed by atoms with Crippen molar-refractivity contribution < 1.29 is 22.0 Å². The monoisotopic (exact) mass is 387 g/mol. The molecule has 1 amide bonds. The topological polar surface area (TPSA) is 80.7 Å². The summed E-state index contributed by atoms with van der Waals surface area (Å²) in [5.41, 5.74) is 0. The molecule has 6 nitrogen and oxygen atoms in total. The second kappa shape index (κ2) is 5.92. The molecule has 3 rings (SSSR count). The third kappa shape index (κ3) is 3.12. The van der Waals surface area contributed by atoms with E-state index in [-0.39, 0.29) is 24.0 Å². The summed E-state index contributed by atoms with van der Waals surface area (Å²) >= 11 is 3.14. The minimum absolute atomic E-state index is 0.140. The fraction of sp³-hybridized carbons (Fsp3) is 0.357. The second-order valence-electron chi connectivity index (χ2n) is 5.15. The van der Waals surface area contributed by atoms with Crippen LogP contribution >= 0.6 is 15.9 Å². The molecule has 0 unspecified atom stereocenters. The Balaban J connectivity index is 1.68. The van der Waals surface area contributed by atoms with Crippen LogP contribution in [0.3, 0.4) is 0 Å². The van der Waals surface area contributed by atoms with Gasteiger partial charge in [0.2, 0.25) is 0 Å². The molecule has 2 aromatic heterocycles. The summed E-state index contributed by atoms with van der Waals surface area (Å²) in [6.07, 6.45) is 1.88. The third-order valence-corrected chi connectivity index (χ3v) is 6.16. The van der Waals surface area contributed by atoms with Crippen LogP contribution < -0.4 is 0 Å². The lowest BCUT2D eigenvalue weighted by molar-refractivity contribution is 0.0760. The van der Waals surface area contributed by atoms with Gasteiger partial charge in [-0.3, -0.25) is 4.79 Å². The van der Waals surface area contributed by atoms with Gasteiger partial charge in [-0.25, -0.2) is 8.42 Å². The van der Waals surface area contributed by atoms with Crippen molar-refractivity contribution in [3.05, 3.63) is 46.7 Å². The van der Waals surface area contributed by atoms with E-state index >= 15 is 0 Å². The van der Waals surface area contributed by atoms with E-state index < -0.39 is 15.1 Å². The first kappa shape index (κ1) is 15.4. The largest absolute Gasteiger partial charge is 0.468 e. The number of carbonyl (C=O) groups is 1. The van der Waals surface area contributed by atoms with E-state index in [0.29, 0.717) is 23.4 Å². The van der Waals surface area contributed by atoms with Crippen LogP contribution in [0.15, 0.2) is 44.0 Å². The number of likely N-dealkylation sites (tertiary alicyclic amines) is 1. The molecule has 118 valence electrons. The maximum Gasteiger partial charge on any atom is 0.289 e. The molecule has 1 saturated heterocycles. The predicted molar refractivity (Wildman–Crippen MR) is 82.0 cm³/mol. The second-order valence-corrected chi connectivity index (χ2v) is 8.21. The van der Waals surface area contributed by atoms with Crippen molar-refractivity contribution in [2.24, 2.45) is 0 Å². The van der Waals surface area contributed by atoms with Crippen LogP contribution in [0.2, 0.25) is 0 Å². The van der Waals surface area contributed by atoms with Crippen LogP contribution in [-0.2, 0) is 15.6 Å². The fourth-order valence-corrected chi connectivity index (χ4v) is 4.48. The Morgan fingerprint density at radius 1 is 1.36 bits per heavy atom. The summed E-state index contributed by atoms with van der Waals surface area (Å²) in [5.74, 6) is 0.191. The lowest BCUT2D eigenvalue weighted by atomic mass is 10.4. The molecule has 1 aliphatic rings. The van der Waals surface area contributed by atoms with E-state index in [0.717, 1.165) is 0 Å². The zero-order valence-corrected chi connectivity index (χ0v) is 14.0. The molecule has 0 aromatic carbocycles. The molecule has 22 heavy (non-hydrogen) atoms. The van der Waals surface area contributed by atoms with E-state index in [4.69, 9.17) is 8.83 Å². The Kier molecular flexibility index (Phi) is 4.14. The van der Waals surface area contributed by atoms with Crippen LogP contribution in [0.25, 0.3) is 0 Å². The van der Waals surface area contributed by atoms with Gasteiger partial charge in [0, 0.05) is 13.1 Å². The van der Waals surface area contributed by atoms with Crippen molar-refractivity contribution in [1.82, 2.24) is 4.90 Å². The summed E-state index contributed by atoms with van der Waals surface area (Å²) in [7, 11) is -3.35. The first-order valence-electron chi connectivity index (χ1n) is 6.74. The number of furan rings is 2. The van der Waals surface area contributed by atoms with Gasteiger partial charge in [0.05, 0.1) is 11.5 Å². The SMILES string of the molecule is O=C(c1ccc(Br)o1)N1CC[C@H](S(=O)(=O)Cc2ccco2)C1. The van der Waals surface area contributed by atoms with E-state index in [1.807, 2.05) is 0 Å². The van der Waals surface area contributed by atoms with Crippen molar-refractivity contribution >= 4 is 31.7 Å². The summed E-state index contributed by atoms with van der Waals surface area (Å²) in [4.78, 5) is 13.8. The van der Waals surface area contributed by atoms with Crippen LogP contribution in [-0.4, -0.2) is 37.6 Å². The average Bonchev–Trinajstić information content (AvgIpc) is 3.17. The maximum absolute atomic E-state index is 12.4. The fourth-order valence-electron chi connectivity index (χ4n) is 2.50. The zero-order chi connectivity index (χ0) is 15.7. The number of hydrogen-bond acceptors (Lipinski definition) is 5. The number of nitrogens with zero attached hydrogens (tertiary/aromatic N) is 1. The first-order valence-corrected chi connectivity index (χ1v) is 9.25. The minimum Gasteiger partial charge on any atom is -0.468 e. The maximum atomic E-state index is 12.4. The quantitative estimate of drug-likeness (QED) is 0.804. The van der Waals surface area contributed by atoms with Gasteiger partial charge in [0.25, 0.3) is 5.91 Å². The van der Waals surface area contributed by atoms with E-state index in [1.165, 1.54) is 11.2 Å². The molecule has 1 aliphatic heterocycles. The van der Waals surface area contributed by atoms with Crippen molar-refractivity contribution in [2.75, 3.05) is 13.1 Å². The highest BCUT2D eigenvalue weighted by Gasteiger charge is 2.36. The van der Waals surface area contributed by atoms with E-state index in [1.54, 1.807) is 24.3 Å². The molecule has 2 aromatic rings. The smallest absolute Gasteiger partial charge is 0.289 e. The Labute approximate surface area is 136 Å². The molecule has 0 N–H and O–H groups in total. The van der Waals surface area contributed by atoms with Gasteiger partial charge in [-0.1, -0.05) is 0 Å². The lowest BCUT2D eigenvalue weighted by Gasteiger charge is -2.15. The molecule has 1 fully saturated rings. The van der Waals surface area contributed by atoms with Gasteiger partial charge < -0.3 is 13.7 Å². The Bertz CT molecular complexity index is 765. The minimum atomic E-state index is -3.35. The van der Waals surface area contributed by atoms with E-state index in [2.05, 4.69) is 15.9 Å². The van der Waals surface area contributed by atoms with Gasteiger partial charge in [-0.15, -0.1) is 0 Å². The summed E-state index contributed by atoms with van der Waals surface area (Å²) in [6.45, 7) is 0.583. The number of halogens is 1. The van der Waals surface area contributed by atoms with Gasteiger partial charge >= 0.3 is 0 Å². The van der Waals surface area contributed by atoms with Crippen LogP contribution in [0.1, 0.15) is 22.7 Å². The van der Waals surface area contributed by atoms with Crippen LogP contribution in [0, 0.1) is 0 Å². The molecule has 0 radical (unpaired) electrons. The Hall–Kier alpha value is -1.54. The molecule has 1 atom stereocenters. The molecule has 8 heteroatoms. The third-order valence-electron chi connectivity index (χ3n) is 3.65. The van der Waals surface area contributed by atoms with Crippen molar-refractivity contribution in [3.63, 3.8) is 0 Å². The molecular formula is C14H14BrNO5S. The normalized spacial score (nSPS) is 18.8. The number of carbonyl (C=O) groups excluding carboxylic acids is 1. The predicted octanol–water partition coefficient (Wildman–Crippen LogP) is 2.46. The molecule has 3 heterocycles. The molecule has 0 spiro atoms. The van der Waals surface area contributed by atoms with Gasteiger partial charge in [-0.2, -0.15) is 0 Å². The zero-order valence-electron chi connectivity index (χ0n) is 11.6. The standard InChI is InChI=1S/C14H14BrNO5S/c15-13-4-3-12(21-13)14(17)16-6-5-11(8-16)22(18,19)9-10-2-1-7-20-10/h1-4,7,11H,5-6,8-9H2/t11-/m0/s1. The highest BCUT2D eigenvalue weighted by molar-refractivity contribution is 9.10. The van der Waals surface area contributed by atoms with E-state index in [9.17, 15) is 13.2 Å². The molecule has 0 bridgehead atoms. The Morgan fingerprint density at radius 3 is 2.82 bits per heavy atom. The molecule has 0 saturated carbocycles.